The Bertz CT molecular complexity index is 529. The van der Waals surface area contributed by atoms with Gasteiger partial charge in [-0.3, -0.25) is 4.79 Å². The largest absolute Gasteiger partial charge is 0.491 e. The molecule has 8 N–H and O–H groups in total. The highest BCUT2D eigenvalue weighted by Crippen LogP contribution is 2.22. The summed E-state index contributed by atoms with van der Waals surface area (Å²) in [6.45, 7) is 6.96. The molecule has 2 amide bonds. The number of amides is 2. The van der Waals surface area contributed by atoms with Crippen molar-refractivity contribution in [2.24, 2.45) is 17.2 Å². The minimum atomic E-state index is -1.03. The SMILES string of the molecule is Cc1cccc(C)c1OCC(C)N.NC(=O)NCCC[C@H](N)C(=O)O. The molecule has 0 aromatic heterocycles. The number of nitrogens with one attached hydrogen (secondary N) is 1. The Balaban J connectivity index is 0.000000463. The van der Waals surface area contributed by atoms with Crippen molar-refractivity contribution in [2.75, 3.05) is 13.2 Å². The Hall–Kier alpha value is -2.32. The predicted molar refractivity (Wildman–Crippen MR) is 97.5 cm³/mol. The topological polar surface area (TPSA) is 154 Å². The van der Waals surface area contributed by atoms with Crippen LogP contribution in [0.5, 0.6) is 5.75 Å². The van der Waals surface area contributed by atoms with E-state index in [1.807, 2.05) is 39.0 Å². The van der Waals surface area contributed by atoms with Crippen LogP contribution in [-0.2, 0) is 4.79 Å². The minimum absolute atomic E-state index is 0.0824. The molecule has 142 valence electrons. The second kappa shape index (κ2) is 12.1. The van der Waals surface area contributed by atoms with E-state index in [-0.39, 0.29) is 6.04 Å². The summed E-state index contributed by atoms with van der Waals surface area (Å²) in [5, 5.41) is 10.7. The third-order valence-corrected chi connectivity index (χ3v) is 3.21. The molecule has 0 saturated carbocycles. The molecule has 0 heterocycles. The zero-order valence-electron chi connectivity index (χ0n) is 15.1. The molecule has 8 heteroatoms. The van der Waals surface area contributed by atoms with Crippen LogP contribution < -0.4 is 27.3 Å². The smallest absolute Gasteiger partial charge is 0.320 e. The summed E-state index contributed by atoms with van der Waals surface area (Å²) in [7, 11) is 0. The molecule has 0 fully saturated rings. The lowest BCUT2D eigenvalue weighted by atomic mass is 10.1. The Labute approximate surface area is 148 Å². The van der Waals surface area contributed by atoms with Crippen molar-refractivity contribution < 1.29 is 19.4 Å². The van der Waals surface area contributed by atoms with Crippen molar-refractivity contribution in [3.63, 3.8) is 0 Å². The van der Waals surface area contributed by atoms with E-state index in [1.54, 1.807) is 0 Å². The van der Waals surface area contributed by atoms with Crippen molar-refractivity contribution in [3.8, 4) is 5.75 Å². The number of carboxylic acid groups (broad SMARTS) is 1. The highest BCUT2D eigenvalue weighted by atomic mass is 16.5. The van der Waals surface area contributed by atoms with Gasteiger partial charge in [0, 0.05) is 12.6 Å². The number of rotatable bonds is 8. The van der Waals surface area contributed by atoms with Gasteiger partial charge in [-0.25, -0.2) is 4.79 Å². The molecule has 0 bridgehead atoms. The van der Waals surface area contributed by atoms with Crippen LogP contribution in [-0.4, -0.2) is 42.3 Å². The first kappa shape index (κ1) is 22.7. The number of para-hydroxylation sites is 1. The van der Waals surface area contributed by atoms with E-state index in [0.717, 1.165) is 5.75 Å². The normalized spacial score (nSPS) is 12.4. The maximum atomic E-state index is 10.2. The summed E-state index contributed by atoms with van der Waals surface area (Å²) in [4.78, 5) is 20.3. The van der Waals surface area contributed by atoms with Crippen LogP contribution in [0.3, 0.4) is 0 Å². The quantitative estimate of drug-likeness (QED) is 0.437. The zero-order chi connectivity index (χ0) is 19.4. The first-order chi connectivity index (χ1) is 11.6. The second-order valence-corrected chi connectivity index (χ2v) is 5.89. The number of urea groups is 1. The second-order valence-electron chi connectivity index (χ2n) is 5.89. The van der Waals surface area contributed by atoms with Crippen LogP contribution in [0.1, 0.15) is 30.9 Å². The van der Waals surface area contributed by atoms with Crippen molar-refractivity contribution in [1.82, 2.24) is 5.32 Å². The molecule has 0 aliphatic carbocycles. The standard InChI is InChI=1S/C11H17NO.C6H13N3O3/c1-8-5-4-6-9(2)11(8)13-7-10(3)12;7-4(5(10)11)2-1-3-9-6(8)12/h4-6,10H,7,12H2,1-3H3;4H,1-3,7H2,(H,10,11)(H3,8,9,12)/t;4-/m.0/s1. The van der Waals surface area contributed by atoms with Crippen molar-refractivity contribution in [1.29, 1.82) is 0 Å². The molecule has 1 aromatic carbocycles. The van der Waals surface area contributed by atoms with Crippen LogP contribution in [0.25, 0.3) is 0 Å². The number of primary amides is 1. The summed E-state index contributed by atoms with van der Waals surface area (Å²) >= 11 is 0. The van der Waals surface area contributed by atoms with Gasteiger partial charge in [-0.1, -0.05) is 18.2 Å². The first-order valence-electron chi connectivity index (χ1n) is 8.11. The third kappa shape index (κ3) is 11.0. The Morgan fingerprint density at radius 2 is 1.80 bits per heavy atom. The molecule has 2 atom stereocenters. The van der Waals surface area contributed by atoms with Gasteiger partial charge >= 0.3 is 12.0 Å². The number of hydrogen-bond acceptors (Lipinski definition) is 5. The number of nitrogens with two attached hydrogens (primary N) is 3. The molecule has 0 aliphatic heterocycles. The fraction of sp³-hybridized carbons (Fsp3) is 0.529. The fourth-order valence-electron chi connectivity index (χ4n) is 1.90. The summed E-state index contributed by atoms with van der Waals surface area (Å²) < 4.78 is 5.60. The molecule has 0 saturated heterocycles. The highest BCUT2D eigenvalue weighted by Gasteiger charge is 2.09. The number of carbonyl (C=O) groups is 2. The summed E-state index contributed by atoms with van der Waals surface area (Å²) in [6.07, 6.45) is 0.839. The monoisotopic (exact) mass is 354 g/mol. The van der Waals surface area contributed by atoms with Gasteiger partial charge in [0.1, 0.15) is 18.4 Å². The number of carbonyl (C=O) groups excluding carboxylic acids is 1. The lowest BCUT2D eigenvalue weighted by Gasteiger charge is -2.13. The number of aliphatic carboxylic acids is 1. The van der Waals surface area contributed by atoms with Gasteiger partial charge in [0.05, 0.1) is 0 Å². The number of ether oxygens (including phenoxy) is 1. The van der Waals surface area contributed by atoms with E-state index < -0.39 is 18.0 Å². The van der Waals surface area contributed by atoms with E-state index in [4.69, 9.17) is 27.0 Å². The molecular weight excluding hydrogens is 324 g/mol. The summed E-state index contributed by atoms with van der Waals surface area (Å²) in [5.74, 6) is -0.0612. The fourth-order valence-corrected chi connectivity index (χ4v) is 1.90. The molecular formula is C17H30N4O4. The number of aryl methyl sites for hydroxylation is 2. The van der Waals surface area contributed by atoms with E-state index in [0.29, 0.717) is 26.0 Å². The van der Waals surface area contributed by atoms with Crippen molar-refractivity contribution >= 4 is 12.0 Å². The lowest BCUT2D eigenvalue weighted by molar-refractivity contribution is -0.138. The van der Waals surface area contributed by atoms with Crippen molar-refractivity contribution in [2.45, 2.75) is 45.7 Å². The molecule has 1 unspecified atom stereocenters. The first-order valence-corrected chi connectivity index (χ1v) is 8.11. The Kier molecular flexibility index (Phi) is 11.0. The molecule has 0 spiro atoms. The molecule has 1 rings (SSSR count). The van der Waals surface area contributed by atoms with E-state index in [2.05, 4.69) is 5.32 Å². The van der Waals surface area contributed by atoms with Crippen LogP contribution in [0.15, 0.2) is 18.2 Å². The lowest BCUT2D eigenvalue weighted by Crippen LogP contribution is -2.33. The number of hydrogen-bond donors (Lipinski definition) is 5. The van der Waals surface area contributed by atoms with Gasteiger partial charge in [0.25, 0.3) is 0 Å². The zero-order valence-corrected chi connectivity index (χ0v) is 15.1. The van der Waals surface area contributed by atoms with Gasteiger partial charge in [0.15, 0.2) is 0 Å². The van der Waals surface area contributed by atoms with Gasteiger partial charge in [-0.15, -0.1) is 0 Å². The van der Waals surface area contributed by atoms with Crippen LogP contribution >= 0.6 is 0 Å². The number of benzene rings is 1. The Morgan fingerprint density at radius 1 is 1.24 bits per heavy atom. The van der Waals surface area contributed by atoms with Crippen LogP contribution in [0.2, 0.25) is 0 Å². The van der Waals surface area contributed by atoms with E-state index >= 15 is 0 Å². The maximum absolute atomic E-state index is 10.2. The average Bonchev–Trinajstić information content (AvgIpc) is 2.51. The van der Waals surface area contributed by atoms with Crippen molar-refractivity contribution in [3.05, 3.63) is 29.3 Å². The van der Waals surface area contributed by atoms with Gasteiger partial charge in [-0.05, 0) is 44.7 Å². The molecule has 25 heavy (non-hydrogen) atoms. The van der Waals surface area contributed by atoms with E-state index in [9.17, 15) is 9.59 Å². The van der Waals surface area contributed by atoms with Crippen LogP contribution in [0, 0.1) is 13.8 Å². The van der Waals surface area contributed by atoms with E-state index in [1.165, 1.54) is 11.1 Å². The molecule has 0 aliphatic rings. The Morgan fingerprint density at radius 3 is 2.24 bits per heavy atom. The molecule has 0 radical (unpaired) electrons. The van der Waals surface area contributed by atoms with Gasteiger partial charge in [0.2, 0.25) is 0 Å². The summed E-state index contributed by atoms with van der Waals surface area (Å²) in [5.41, 5.74) is 17.9. The highest BCUT2D eigenvalue weighted by molar-refractivity contribution is 5.73. The average molecular weight is 354 g/mol. The van der Waals surface area contributed by atoms with Crippen LogP contribution in [0.4, 0.5) is 4.79 Å². The minimum Gasteiger partial charge on any atom is -0.491 e. The summed E-state index contributed by atoms with van der Waals surface area (Å²) in [6, 6.07) is 4.73. The number of carboxylic acids is 1. The van der Waals surface area contributed by atoms with Gasteiger partial charge < -0.3 is 32.4 Å². The molecule has 1 aromatic rings. The molecule has 8 nitrogen and oxygen atoms in total. The predicted octanol–water partition coefficient (Wildman–Crippen LogP) is 0.876. The third-order valence-electron chi connectivity index (χ3n) is 3.21. The maximum Gasteiger partial charge on any atom is 0.320 e. The van der Waals surface area contributed by atoms with Gasteiger partial charge in [-0.2, -0.15) is 0 Å².